The van der Waals surface area contributed by atoms with E-state index in [9.17, 15) is 4.79 Å². The second kappa shape index (κ2) is 6.06. The highest BCUT2D eigenvalue weighted by Gasteiger charge is 2.21. The lowest BCUT2D eigenvalue weighted by atomic mass is 10.1. The molecule has 1 amide bonds. The van der Waals surface area contributed by atoms with Gasteiger partial charge in [-0.15, -0.1) is 0 Å². The fourth-order valence-electron chi connectivity index (χ4n) is 1.68. The van der Waals surface area contributed by atoms with Crippen LogP contribution >= 0.6 is 0 Å². The van der Waals surface area contributed by atoms with Gasteiger partial charge in [0.05, 0.1) is 0 Å². The summed E-state index contributed by atoms with van der Waals surface area (Å²) in [5, 5.41) is 2.89. The minimum Gasteiger partial charge on any atom is -0.481 e. The summed E-state index contributed by atoms with van der Waals surface area (Å²) in [7, 11) is 0. The average Bonchev–Trinajstić information content (AvgIpc) is 2.27. The Balaban J connectivity index is 2.77. The van der Waals surface area contributed by atoms with Crippen LogP contribution in [0.5, 0.6) is 5.75 Å². The SMILES string of the molecule is CC(Oc1ccccc1C(C)N)C(=O)NC(C)(C)C. The highest BCUT2D eigenvalue weighted by Crippen LogP contribution is 2.24. The van der Waals surface area contributed by atoms with Crippen LogP contribution in [0.3, 0.4) is 0 Å². The van der Waals surface area contributed by atoms with Crippen LogP contribution in [0.1, 0.15) is 46.2 Å². The van der Waals surface area contributed by atoms with Gasteiger partial charge in [0, 0.05) is 17.1 Å². The zero-order valence-electron chi connectivity index (χ0n) is 12.4. The Hall–Kier alpha value is -1.55. The minimum atomic E-state index is -0.556. The molecular weight excluding hydrogens is 240 g/mol. The van der Waals surface area contributed by atoms with Crippen LogP contribution in [0, 0.1) is 0 Å². The molecule has 0 spiro atoms. The third-order valence-corrected chi connectivity index (χ3v) is 2.58. The number of carbonyl (C=O) groups excluding carboxylic acids is 1. The van der Waals surface area contributed by atoms with Gasteiger partial charge in [0.2, 0.25) is 0 Å². The van der Waals surface area contributed by atoms with Crippen molar-refractivity contribution < 1.29 is 9.53 Å². The zero-order valence-corrected chi connectivity index (χ0v) is 12.4. The molecule has 0 aliphatic carbocycles. The van der Waals surface area contributed by atoms with Gasteiger partial charge in [-0.25, -0.2) is 0 Å². The lowest BCUT2D eigenvalue weighted by Crippen LogP contribution is -2.46. The molecule has 106 valence electrons. The fourth-order valence-corrected chi connectivity index (χ4v) is 1.68. The Labute approximate surface area is 115 Å². The monoisotopic (exact) mass is 264 g/mol. The van der Waals surface area contributed by atoms with Crippen molar-refractivity contribution in [2.24, 2.45) is 5.73 Å². The fraction of sp³-hybridized carbons (Fsp3) is 0.533. The van der Waals surface area contributed by atoms with E-state index >= 15 is 0 Å². The highest BCUT2D eigenvalue weighted by molar-refractivity contribution is 5.81. The summed E-state index contributed by atoms with van der Waals surface area (Å²) in [6.45, 7) is 9.44. The van der Waals surface area contributed by atoms with Gasteiger partial charge in [-0.3, -0.25) is 4.79 Å². The molecule has 19 heavy (non-hydrogen) atoms. The zero-order chi connectivity index (χ0) is 14.6. The number of rotatable bonds is 4. The molecule has 0 bridgehead atoms. The van der Waals surface area contributed by atoms with Crippen molar-refractivity contribution in [1.29, 1.82) is 0 Å². The van der Waals surface area contributed by atoms with E-state index in [0.29, 0.717) is 5.75 Å². The number of amides is 1. The molecule has 2 atom stereocenters. The van der Waals surface area contributed by atoms with Crippen LogP contribution in [0.25, 0.3) is 0 Å². The van der Waals surface area contributed by atoms with E-state index < -0.39 is 6.10 Å². The molecule has 0 heterocycles. The molecule has 1 aromatic rings. The Bertz CT molecular complexity index is 436. The third-order valence-electron chi connectivity index (χ3n) is 2.58. The second-order valence-corrected chi connectivity index (χ2v) is 5.83. The Morgan fingerprint density at radius 2 is 1.84 bits per heavy atom. The summed E-state index contributed by atoms with van der Waals surface area (Å²) in [5.74, 6) is 0.529. The van der Waals surface area contributed by atoms with E-state index in [1.54, 1.807) is 6.92 Å². The van der Waals surface area contributed by atoms with Gasteiger partial charge in [-0.05, 0) is 40.7 Å². The molecule has 0 aromatic heterocycles. The van der Waals surface area contributed by atoms with E-state index in [4.69, 9.17) is 10.5 Å². The normalized spacial score (nSPS) is 14.6. The standard InChI is InChI=1S/C15H24N2O2/c1-10(16)12-8-6-7-9-13(12)19-11(2)14(18)17-15(3,4)5/h6-11H,16H2,1-5H3,(H,17,18). The first-order valence-electron chi connectivity index (χ1n) is 6.54. The van der Waals surface area contributed by atoms with Gasteiger partial charge in [0.15, 0.2) is 6.10 Å². The number of carbonyl (C=O) groups is 1. The molecule has 2 unspecified atom stereocenters. The van der Waals surface area contributed by atoms with Crippen molar-refractivity contribution >= 4 is 5.91 Å². The first kappa shape index (κ1) is 15.5. The molecular formula is C15H24N2O2. The molecule has 0 saturated heterocycles. The first-order valence-corrected chi connectivity index (χ1v) is 6.54. The van der Waals surface area contributed by atoms with E-state index in [1.165, 1.54) is 0 Å². The Morgan fingerprint density at radius 3 is 2.37 bits per heavy atom. The number of para-hydroxylation sites is 1. The van der Waals surface area contributed by atoms with E-state index in [-0.39, 0.29) is 17.5 Å². The van der Waals surface area contributed by atoms with Crippen molar-refractivity contribution in [3.05, 3.63) is 29.8 Å². The van der Waals surface area contributed by atoms with Crippen molar-refractivity contribution in [3.63, 3.8) is 0 Å². The summed E-state index contributed by atoms with van der Waals surface area (Å²) in [6, 6.07) is 7.39. The second-order valence-electron chi connectivity index (χ2n) is 5.83. The predicted octanol–water partition coefficient (Wildman–Crippen LogP) is 2.39. The Kier molecular flexibility index (Phi) is 4.95. The summed E-state index contributed by atoms with van der Waals surface area (Å²) in [6.07, 6.45) is -0.556. The highest BCUT2D eigenvalue weighted by atomic mass is 16.5. The number of hydrogen-bond donors (Lipinski definition) is 2. The topological polar surface area (TPSA) is 64.3 Å². The van der Waals surface area contributed by atoms with Gasteiger partial charge >= 0.3 is 0 Å². The van der Waals surface area contributed by atoms with Crippen LogP contribution in [0.2, 0.25) is 0 Å². The lowest BCUT2D eigenvalue weighted by Gasteiger charge is -2.24. The molecule has 4 nitrogen and oxygen atoms in total. The van der Waals surface area contributed by atoms with Gasteiger partial charge in [0.25, 0.3) is 5.91 Å². The number of nitrogens with one attached hydrogen (secondary N) is 1. The predicted molar refractivity (Wildman–Crippen MR) is 77.0 cm³/mol. The van der Waals surface area contributed by atoms with Crippen LogP contribution in [0.15, 0.2) is 24.3 Å². The number of benzene rings is 1. The van der Waals surface area contributed by atoms with Gasteiger partial charge in [-0.1, -0.05) is 18.2 Å². The van der Waals surface area contributed by atoms with Crippen molar-refractivity contribution in [2.75, 3.05) is 0 Å². The number of hydrogen-bond acceptors (Lipinski definition) is 3. The largest absolute Gasteiger partial charge is 0.481 e. The van der Waals surface area contributed by atoms with Crippen LogP contribution in [-0.4, -0.2) is 17.6 Å². The molecule has 1 aromatic carbocycles. The van der Waals surface area contributed by atoms with E-state index in [2.05, 4.69) is 5.32 Å². The molecule has 4 heteroatoms. The first-order chi connectivity index (χ1) is 8.70. The van der Waals surface area contributed by atoms with Crippen molar-refractivity contribution in [2.45, 2.75) is 52.3 Å². The molecule has 0 aliphatic rings. The molecule has 3 N–H and O–H groups in total. The molecule has 1 rings (SSSR count). The van der Waals surface area contributed by atoms with Crippen LogP contribution < -0.4 is 15.8 Å². The quantitative estimate of drug-likeness (QED) is 0.877. The average molecular weight is 264 g/mol. The maximum absolute atomic E-state index is 12.0. The smallest absolute Gasteiger partial charge is 0.261 e. The summed E-state index contributed by atoms with van der Waals surface area (Å²) in [4.78, 5) is 12.0. The minimum absolute atomic E-state index is 0.130. The van der Waals surface area contributed by atoms with Crippen LogP contribution in [0.4, 0.5) is 0 Å². The van der Waals surface area contributed by atoms with Gasteiger partial charge in [0.1, 0.15) is 5.75 Å². The summed E-state index contributed by atoms with van der Waals surface area (Å²) >= 11 is 0. The summed E-state index contributed by atoms with van der Waals surface area (Å²) in [5.41, 5.74) is 6.52. The van der Waals surface area contributed by atoms with Crippen molar-refractivity contribution in [3.8, 4) is 5.75 Å². The van der Waals surface area contributed by atoms with E-state index in [1.807, 2.05) is 52.0 Å². The maximum atomic E-state index is 12.0. The van der Waals surface area contributed by atoms with Gasteiger partial charge < -0.3 is 15.8 Å². The van der Waals surface area contributed by atoms with Crippen LogP contribution in [-0.2, 0) is 4.79 Å². The molecule has 0 aliphatic heterocycles. The third kappa shape index (κ3) is 4.91. The van der Waals surface area contributed by atoms with E-state index in [0.717, 1.165) is 5.56 Å². The summed E-state index contributed by atoms with van der Waals surface area (Å²) < 4.78 is 5.72. The molecule has 0 fully saturated rings. The molecule has 0 radical (unpaired) electrons. The molecule has 0 saturated carbocycles. The lowest BCUT2D eigenvalue weighted by molar-refractivity contribution is -0.128. The van der Waals surface area contributed by atoms with Gasteiger partial charge in [-0.2, -0.15) is 0 Å². The van der Waals surface area contributed by atoms with Crippen molar-refractivity contribution in [1.82, 2.24) is 5.32 Å². The Morgan fingerprint density at radius 1 is 1.26 bits per heavy atom. The maximum Gasteiger partial charge on any atom is 0.261 e. The number of nitrogens with two attached hydrogens (primary N) is 1. The number of ether oxygens (including phenoxy) is 1.